The number of aromatic nitrogens is 1. The first-order valence-corrected chi connectivity index (χ1v) is 9.66. The standard InChI is InChI=1S/C21H22FN3O2S/c1-25(2)19(15-5-4-6-16(22)11-15)12-23-20(26)18-13-28-21(24-18)14-7-9-17(27-3)10-8-14/h4-11,13,19H,12H2,1-3H3,(H,23,26)/t19-/m1/s1. The number of hydrogen-bond acceptors (Lipinski definition) is 5. The summed E-state index contributed by atoms with van der Waals surface area (Å²) in [6, 6.07) is 13.8. The van der Waals surface area contributed by atoms with Crippen LogP contribution in [0.2, 0.25) is 0 Å². The average Bonchev–Trinajstić information content (AvgIpc) is 3.18. The Morgan fingerprint density at radius 1 is 1.25 bits per heavy atom. The molecule has 1 aromatic heterocycles. The van der Waals surface area contributed by atoms with Crippen molar-refractivity contribution in [3.63, 3.8) is 0 Å². The number of rotatable bonds is 7. The van der Waals surface area contributed by atoms with Crippen molar-refractivity contribution in [2.45, 2.75) is 6.04 Å². The molecule has 1 amide bonds. The summed E-state index contributed by atoms with van der Waals surface area (Å²) >= 11 is 1.41. The van der Waals surface area contributed by atoms with E-state index in [1.165, 1.54) is 23.5 Å². The van der Waals surface area contributed by atoms with Gasteiger partial charge in [0.15, 0.2) is 0 Å². The molecule has 1 heterocycles. The highest BCUT2D eigenvalue weighted by atomic mass is 32.1. The molecule has 0 saturated carbocycles. The van der Waals surface area contributed by atoms with Crippen LogP contribution >= 0.6 is 11.3 Å². The molecule has 0 bridgehead atoms. The lowest BCUT2D eigenvalue weighted by atomic mass is 10.1. The van der Waals surface area contributed by atoms with Gasteiger partial charge in [-0.2, -0.15) is 0 Å². The fraction of sp³-hybridized carbons (Fsp3) is 0.238. The van der Waals surface area contributed by atoms with Gasteiger partial charge in [-0.1, -0.05) is 12.1 Å². The van der Waals surface area contributed by atoms with E-state index in [1.54, 1.807) is 18.6 Å². The van der Waals surface area contributed by atoms with E-state index in [-0.39, 0.29) is 17.8 Å². The number of methoxy groups -OCH3 is 1. The maximum absolute atomic E-state index is 13.5. The van der Waals surface area contributed by atoms with Crippen LogP contribution in [0.1, 0.15) is 22.1 Å². The Hall–Kier alpha value is -2.77. The summed E-state index contributed by atoms with van der Waals surface area (Å²) in [6.07, 6.45) is 0. The van der Waals surface area contributed by atoms with Crippen molar-refractivity contribution in [3.8, 4) is 16.3 Å². The van der Waals surface area contributed by atoms with Gasteiger partial charge < -0.3 is 15.0 Å². The normalized spacial score (nSPS) is 12.0. The van der Waals surface area contributed by atoms with Crippen LogP contribution in [0.4, 0.5) is 4.39 Å². The van der Waals surface area contributed by atoms with E-state index < -0.39 is 0 Å². The Labute approximate surface area is 167 Å². The zero-order chi connectivity index (χ0) is 20.1. The predicted octanol–water partition coefficient (Wildman–Crippen LogP) is 3.99. The van der Waals surface area contributed by atoms with E-state index in [1.807, 2.05) is 49.3 Å². The molecule has 0 aliphatic heterocycles. The minimum absolute atomic E-state index is 0.139. The van der Waals surface area contributed by atoms with E-state index in [9.17, 15) is 9.18 Å². The lowest BCUT2D eigenvalue weighted by molar-refractivity contribution is 0.0937. The van der Waals surface area contributed by atoms with Gasteiger partial charge >= 0.3 is 0 Å². The number of likely N-dealkylation sites (N-methyl/N-ethyl adjacent to an activating group) is 1. The smallest absolute Gasteiger partial charge is 0.270 e. The van der Waals surface area contributed by atoms with Crippen LogP contribution < -0.4 is 10.1 Å². The number of amides is 1. The molecular formula is C21H22FN3O2S. The number of nitrogens with one attached hydrogen (secondary N) is 1. The van der Waals surface area contributed by atoms with Gasteiger partial charge in [0, 0.05) is 17.5 Å². The van der Waals surface area contributed by atoms with E-state index in [0.29, 0.717) is 12.2 Å². The van der Waals surface area contributed by atoms with Gasteiger partial charge in [-0.25, -0.2) is 9.37 Å². The van der Waals surface area contributed by atoms with E-state index >= 15 is 0 Å². The topological polar surface area (TPSA) is 54.5 Å². The summed E-state index contributed by atoms with van der Waals surface area (Å²) in [5.74, 6) is 0.226. The van der Waals surface area contributed by atoms with Crippen LogP contribution in [0.15, 0.2) is 53.9 Å². The van der Waals surface area contributed by atoms with E-state index in [0.717, 1.165) is 21.9 Å². The minimum Gasteiger partial charge on any atom is -0.497 e. The number of benzene rings is 2. The minimum atomic E-state index is -0.292. The van der Waals surface area contributed by atoms with Crippen LogP contribution in [0.5, 0.6) is 5.75 Å². The zero-order valence-corrected chi connectivity index (χ0v) is 16.8. The Kier molecular flexibility index (Phi) is 6.38. The molecule has 0 spiro atoms. The summed E-state index contributed by atoms with van der Waals surface area (Å²) < 4.78 is 18.7. The summed E-state index contributed by atoms with van der Waals surface area (Å²) in [4.78, 5) is 18.9. The average molecular weight is 399 g/mol. The Bertz CT molecular complexity index is 941. The largest absolute Gasteiger partial charge is 0.497 e. The second-order valence-electron chi connectivity index (χ2n) is 6.51. The Morgan fingerprint density at radius 3 is 2.64 bits per heavy atom. The molecule has 3 aromatic rings. The van der Waals surface area contributed by atoms with Crippen molar-refractivity contribution < 1.29 is 13.9 Å². The molecule has 5 nitrogen and oxygen atoms in total. The Morgan fingerprint density at radius 2 is 2.00 bits per heavy atom. The third-order valence-corrected chi connectivity index (χ3v) is 5.28. The SMILES string of the molecule is COc1ccc(-c2nc(C(=O)NC[C@H](c3cccc(F)c3)N(C)C)cs2)cc1. The van der Waals surface area contributed by atoms with Gasteiger partial charge in [0.05, 0.1) is 13.2 Å². The third-order valence-electron chi connectivity index (χ3n) is 4.39. The highest BCUT2D eigenvalue weighted by molar-refractivity contribution is 7.13. The lowest BCUT2D eigenvalue weighted by Gasteiger charge is -2.25. The number of ether oxygens (including phenoxy) is 1. The van der Waals surface area contributed by atoms with Gasteiger partial charge in [0.2, 0.25) is 0 Å². The number of thiazole rings is 1. The number of hydrogen-bond donors (Lipinski definition) is 1. The van der Waals surface area contributed by atoms with Gasteiger partial charge in [0.1, 0.15) is 22.3 Å². The monoisotopic (exact) mass is 399 g/mol. The van der Waals surface area contributed by atoms with E-state index in [4.69, 9.17) is 4.74 Å². The molecule has 0 unspecified atom stereocenters. The molecule has 1 N–H and O–H groups in total. The zero-order valence-electron chi connectivity index (χ0n) is 16.0. The van der Waals surface area contributed by atoms with Crippen LogP contribution in [0.3, 0.4) is 0 Å². The molecule has 0 fully saturated rings. The number of carbonyl (C=O) groups excluding carboxylic acids is 1. The fourth-order valence-electron chi connectivity index (χ4n) is 2.84. The van der Waals surface area contributed by atoms with Gasteiger partial charge in [-0.15, -0.1) is 11.3 Å². The molecule has 1 atom stereocenters. The molecule has 3 rings (SSSR count). The highest BCUT2D eigenvalue weighted by Crippen LogP contribution is 2.26. The van der Waals surface area contributed by atoms with Crippen molar-refractivity contribution in [2.24, 2.45) is 0 Å². The summed E-state index contributed by atoms with van der Waals surface area (Å²) in [6.45, 7) is 0.352. The summed E-state index contributed by atoms with van der Waals surface area (Å²) in [5, 5.41) is 5.41. The van der Waals surface area contributed by atoms with Gasteiger partial charge in [-0.3, -0.25) is 4.79 Å². The molecule has 0 radical (unpaired) electrons. The molecule has 146 valence electrons. The molecule has 7 heteroatoms. The van der Waals surface area contributed by atoms with Crippen molar-refractivity contribution in [1.29, 1.82) is 0 Å². The summed E-state index contributed by atoms with van der Waals surface area (Å²) in [7, 11) is 5.41. The third kappa shape index (κ3) is 4.74. The van der Waals surface area contributed by atoms with Crippen LogP contribution in [0, 0.1) is 5.82 Å². The highest BCUT2D eigenvalue weighted by Gasteiger charge is 2.18. The first-order chi connectivity index (χ1) is 13.5. The van der Waals surface area contributed by atoms with Crippen molar-refractivity contribution in [2.75, 3.05) is 27.7 Å². The number of halogens is 1. The molecule has 28 heavy (non-hydrogen) atoms. The molecule has 0 aliphatic rings. The Balaban J connectivity index is 1.68. The number of carbonyl (C=O) groups is 1. The number of nitrogens with zero attached hydrogens (tertiary/aromatic N) is 2. The first kappa shape index (κ1) is 20.0. The summed E-state index contributed by atoms with van der Waals surface area (Å²) in [5.41, 5.74) is 2.10. The van der Waals surface area contributed by atoms with E-state index in [2.05, 4.69) is 10.3 Å². The van der Waals surface area contributed by atoms with Crippen molar-refractivity contribution in [1.82, 2.24) is 15.2 Å². The lowest BCUT2D eigenvalue weighted by Crippen LogP contribution is -2.34. The van der Waals surface area contributed by atoms with Crippen LogP contribution in [0.25, 0.3) is 10.6 Å². The van der Waals surface area contributed by atoms with Crippen LogP contribution in [-0.4, -0.2) is 43.5 Å². The van der Waals surface area contributed by atoms with Gasteiger partial charge in [0.25, 0.3) is 5.91 Å². The van der Waals surface area contributed by atoms with Gasteiger partial charge in [-0.05, 0) is 56.1 Å². The predicted molar refractivity (Wildman–Crippen MR) is 109 cm³/mol. The molecule has 0 saturated heterocycles. The first-order valence-electron chi connectivity index (χ1n) is 8.78. The van der Waals surface area contributed by atoms with Crippen molar-refractivity contribution >= 4 is 17.2 Å². The van der Waals surface area contributed by atoms with Crippen molar-refractivity contribution in [3.05, 3.63) is 71.0 Å². The maximum atomic E-state index is 13.5. The molecular weight excluding hydrogens is 377 g/mol. The maximum Gasteiger partial charge on any atom is 0.270 e. The van der Waals surface area contributed by atoms with Crippen LogP contribution in [-0.2, 0) is 0 Å². The second kappa shape index (κ2) is 8.95. The molecule has 0 aliphatic carbocycles. The molecule has 2 aromatic carbocycles. The fourth-order valence-corrected chi connectivity index (χ4v) is 3.64. The quantitative estimate of drug-likeness (QED) is 0.653. The second-order valence-corrected chi connectivity index (χ2v) is 7.37.